The van der Waals surface area contributed by atoms with E-state index in [0.717, 1.165) is 81.4 Å². The Balaban J connectivity index is 0.000000160. The number of aromatic nitrogens is 2. The highest BCUT2D eigenvalue weighted by molar-refractivity contribution is 7.21. The number of nitrogens with zero attached hydrogens (tertiary/aromatic N) is 2. The van der Waals surface area contributed by atoms with Crippen molar-refractivity contribution in [2.75, 3.05) is 18.1 Å². The van der Waals surface area contributed by atoms with Crippen LogP contribution < -0.4 is 17.2 Å². The number of amides is 1. The molecule has 1 amide bonds. The van der Waals surface area contributed by atoms with Crippen LogP contribution in [0, 0.1) is 0 Å². The van der Waals surface area contributed by atoms with Crippen LogP contribution in [0.3, 0.4) is 0 Å². The van der Waals surface area contributed by atoms with Gasteiger partial charge in [-0.2, -0.15) is 0 Å². The molecule has 6 aromatic carbocycles. The number of primary amides is 1. The molecule has 0 atom stereocenters. The highest BCUT2D eigenvalue weighted by Crippen LogP contribution is 2.48. The number of pyridine rings is 2. The van der Waals surface area contributed by atoms with Crippen LogP contribution in [0.15, 0.2) is 152 Å². The van der Waals surface area contributed by atoms with Crippen molar-refractivity contribution < 1.29 is 14.3 Å². The zero-order valence-electron chi connectivity index (χ0n) is 34.9. The Morgan fingerprint density at radius 2 is 1.10 bits per heavy atom. The summed E-state index contributed by atoms with van der Waals surface area (Å²) in [6, 6.07) is 49.7. The lowest BCUT2D eigenvalue weighted by atomic mass is 9.87. The van der Waals surface area contributed by atoms with Crippen molar-refractivity contribution in [1.29, 1.82) is 0 Å². The molecule has 0 saturated heterocycles. The standard InChI is InChI=1S/C27H23N3OS.C26H20N2O2S/c1-15(2)24-21(19-13-12-16-8-6-7-11-18(16)14-19)20(17-9-4-3-5-10-17)22-23(28)25(26(29)31)32-27(22)30-24;1-2-30-26(29)24-23(27)22-21(17-9-4-3-5-10-17)20(15-28-25(22)31-24)19-13-12-16-8-6-7-11-18(16)14-19/h3-15H,28H2,1-2H3,(H2,29,31);3-15H,2,27H2,1H3. The minimum Gasteiger partial charge on any atom is -0.462 e. The number of nitrogen functional groups attached to an aromatic ring is 2. The number of thiophene rings is 2. The Labute approximate surface area is 372 Å². The quantitative estimate of drug-likeness (QED) is 0.129. The largest absolute Gasteiger partial charge is 0.462 e. The average Bonchev–Trinajstić information content (AvgIpc) is 3.84. The molecule has 8 nitrogen and oxygen atoms in total. The van der Waals surface area contributed by atoms with Crippen molar-refractivity contribution >= 4 is 87.9 Å². The van der Waals surface area contributed by atoms with E-state index < -0.39 is 11.9 Å². The second-order valence-corrected chi connectivity index (χ2v) is 17.4. The minimum atomic E-state index is -0.525. The number of hydrogen-bond acceptors (Lipinski definition) is 9. The average molecular weight is 862 g/mol. The highest BCUT2D eigenvalue weighted by atomic mass is 32.1. The SMILES string of the molecule is CC(C)c1nc2sc(C(N)=O)c(N)c2c(-c2ccccc2)c1-c1ccc2ccccc2c1.CCOC(=O)c1sc2ncc(-c3ccc4ccccc4c3)c(-c3ccccc3)c2c1N. The summed E-state index contributed by atoms with van der Waals surface area (Å²) in [6.45, 7) is 6.36. The van der Waals surface area contributed by atoms with Gasteiger partial charge in [0.05, 0.1) is 23.7 Å². The van der Waals surface area contributed by atoms with Crippen molar-refractivity contribution in [3.05, 3.63) is 167 Å². The van der Waals surface area contributed by atoms with Gasteiger partial charge in [-0.25, -0.2) is 14.8 Å². The van der Waals surface area contributed by atoms with Crippen LogP contribution in [-0.4, -0.2) is 28.5 Å². The van der Waals surface area contributed by atoms with E-state index in [1.54, 1.807) is 6.92 Å². The number of carbonyl (C=O) groups excluding carboxylic acids is 2. The van der Waals surface area contributed by atoms with Crippen molar-refractivity contribution in [2.45, 2.75) is 26.7 Å². The summed E-state index contributed by atoms with van der Waals surface area (Å²) in [7, 11) is 0. The molecule has 0 unspecified atom stereocenters. The zero-order chi connectivity index (χ0) is 43.8. The van der Waals surface area contributed by atoms with E-state index in [2.05, 4.69) is 104 Å². The van der Waals surface area contributed by atoms with Crippen LogP contribution in [0.5, 0.6) is 0 Å². The number of fused-ring (bicyclic) bond motifs is 4. The molecule has 0 spiro atoms. The van der Waals surface area contributed by atoms with Crippen LogP contribution in [0.1, 0.15) is 51.7 Å². The van der Waals surface area contributed by atoms with E-state index in [0.29, 0.717) is 27.7 Å². The summed E-state index contributed by atoms with van der Waals surface area (Å²) in [5, 5.41) is 6.27. The first-order chi connectivity index (χ1) is 30.6. The number of carbonyl (C=O) groups is 2. The topological polar surface area (TPSA) is 147 Å². The third kappa shape index (κ3) is 7.64. The van der Waals surface area contributed by atoms with Crippen molar-refractivity contribution in [2.24, 2.45) is 5.73 Å². The molecule has 4 aromatic heterocycles. The number of rotatable bonds is 8. The summed E-state index contributed by atoms with van der Waals surface area (Å²) in [5.74, 6) is -0.763. The fourth-order valence-electron chi connectivity index (χ4n) is 8.22. The Kier molecular flexibility index (Phi) is 11.2. The lowest BCUT2D eigenvalue weighted by molar-refractivity contribution is 0.0533. The molecular formula is C53H43N5O3S2. The van der Waals surface area contributed by atoms with E-state index in [-0.39, 0.29) is 5.92 Å². The first-order valence-electron chi connectivity index (χ1n) is 20.7. The highest BCUT2D eigenvalue weighted by Gasteiger charge is 2.27. The summed E-state index contributed by atoms with van der Waals surface area (Å²) < 4.78 is 5.21. The molecule has 0 aliphatic heterocycles. The number of ether oxygens (including phenoxy) is 1. The second-order valence-electron chi connectivity index (χ2n) is 15.4. The maximum Gasteiger partial charge on any atom is 0.350 e. The molecule has 0 aliphatic carbocycles. The van der Waals surface area contributed by atoms with Gasteiger partial charge >= 0.3 is 5.97 Å². The lowest BCUT2D eigenvalue weighted by Crippen LogP contribution is -2.10. The molecule has 0 fully saturated rings. The van der Waals surface area contributed by atoms with Gasteiger partial charge in [-0.15, -0.1) is 22.7 Å². The van der Waals surface area contributed by atoms with E-state index in [1.165, 1.54) is 33.4 Å². The first kappa shape index (κ1) is 41.0. The molecule has 10 rings (SSSR count). The van der Waals surface area contributed by atoms with E-state index in [4.69, 9.17) is 26.9 Å². The monoisotopic (exact) mass is 861 g/mol. The van der Waals surface area contributed by atoms with E-state index in [9.17, 15) is 9.59 Å². The fourth-order valence-corrected chi connectivity index (χ4v) is 10.1. The van der Waals surface area contributed by atoms with Crippen molar-refractivity contribution in [1.82, 2.24) is 9.97 Å². The second kappa shape index (κ2) is 17.2. The van der Waals surface area contributed by atoms with Crippen LogP contribution in [-0.2, 0) is 4.74 Å². The van der Waals surface area contributed by atoms with Gasteiger partial charge in [0, 0.05) is 39.2 Å². The first-order valence-corrected chi connectivity index (χ1v) is 22.3. The maximum atomic E-state index is 12.5. The molecule has 10 aromatic rings. The van der Waals surface area contributed by atoms with Crippen LogP contribution in [0.2, 0.25) is 0 Å². The molecular weight excluding hydrogens is 819 g/mol. The molecule has 0 bridgehead atoms. The Morgan fingerprint density at radius 3 is 1.68 bits per heavy atom. The number of esters is 1. The van der Waals surface area contributed by atoms with Gasteiger partial charge in [0.1, 0.15) is 19.4 Å². The summed E-state index contributed by atoms with van der Waals surface area (Å²) in [5.41, 5.74) is 28.7. The summed E-state index contributed by atoms with van der Waals surface area (Å²) in [6.07, 6.45) is 1.87. The normalized spacial score (nSPS) is 11.3. The lowest BCUT2D eigenvalue weighted by Gasteiger charge is -2.19. The molecule has 63 heavy (non-hydrogen) atoms. The van der Waals surface area contributed by atoms with Crippen LogP contribution >= 0.6 is 22.7 Å². The van der Waals surface area contributed by atoms with Gasteiger partial charge in [0.2, 0.25) is 0 Å². The van der Waals surface area contributed by atoms with Crippen molar-refractivity contribution in [3.8, 4) is 44.5 Å². The van der Waals surface area contributed by atoms with E-state index in [1.807, 2.05) is 66.9 Å². The smallest absolute Gasteiger partial charge is 0.350 e. The Hall–Kier alpha value is -7.40. The Morgan fingerprint density at radius 1 is 0.587 bits per heavy atom. The predicted octanol–water partition coefficient (Wildman–Crippen LogP) is 13.1. The predicted molar refractivity (Wildman–Crippen MR) is 263 cm³/mol. The number of anilines is 2. The molecule has 4 heterocycles. The number of hydrogen-bond donors (Lipinski definition) is 3. The molecule has 10 heteroatoms. The zero-order valence-corrected chi connectivity index (χ0v) is 36.5. The summed E-state index contributed by atoms with van der Waals surface area (Å²) >= 11 is 2.54. The minimum absolute atomic E-state index is 0.170. The third-order valence-electron chi connectivity index (χ3n) is 11.1. The third-order valence-corrected chi connectivity index (χ3v) is 13.3. The Bertz CT molecular complexity index is 3360. The van der Waals surface area contributed by atoms with Gasteiger partial charge in [-0.1, -0.05) is 147 Å². The van der Waals surface area contributed by atoms with Crippen LogP contribution in [0.4, 0.5) is 11.4 Å². The number of benzene rings is 6. The molecule has 0 radical (unpaired) electrons. The van der Waals surface area contributed by atoms with Gasteiger partial charge in [0.25, 0.3) is 5.91 Å². The van der Waals surface area contributed by atoms with Gasteiger partial charge in [-0.3, -0.25) is 4.79 Å². The van der Waals surface area contributed by atoms with E-state index >= 15 is 0 Å². The maximum absolute atomic E-state index is 12.5. The summed E-state index contributed by atoms with van der Waals surface area (Å²) in [4.78, 5) is 36.5. The van der Waals surface area contributed by atoms with Gasteiger partial charge in [0.15, 0.2) is 0 Å². The van der Waals surface area contributed by atoms with Crippen molar-refractivity contribution in [3.63, 3.8) is 0 Å². The fraction of sp³-hybridized carbons (Fsp3) is 0.0943. The molecule has 6 N–H and O–H groups in total. The molecule has 0 saturated carbocycles. The molecule has 310 valence electrons. The molecule has 0 aliphatic rings. The van der Waals surface area contributed by atoms with Crippen LogP contribution in [0.25, 0.3) is 86.5 Å². The number of nitrogens with two attached hydrogens (primary N) is 3. The van der Waals surface area contributed by atoms with Gasteiger partial charge in [-0.05, 0) is 68.8 Å². The van der Waals surface area contributed by atoms with Gasteiger partial charge < -0.3 is 21.9 Å².